The molecule has 0 spiro atoms. The highest BCUT2D eigenvalue weighted by Gasteiger charge is 2.23. The van der Waals surface area contributed by atoms with Crippen LogP contribution in [0.25, 0.3) is 0 Å². The lowest BCUT2D eigenvalue weighted by molar-refractivity contribution is 0.0847. The minimum atomic E-state index is -0.794. The van der Waals surface area contributed by atoms with E-state index in [-0.39, 0.29) is 12.0 Å². The molecule has 2 atom stereocenters. The third kappa shape index (κ3) is 3.98. The molecule has 0 bridgehead atoms. The van der Waals surface area contributed by atoms with Crippen LogP contribution >= 0.6 is 0 Å². The van der Waals surface area contributed by atoms with Crippen molar-refractivity contribution in [2.24, 2.45) is 5.73 Å². The van der Waals surface area contributed by atoms with Crippen molar-refractivity contribution in [3.05, 3.63) is 70.8 Å². The summed E-state index contributed by atoms with van der Waals surface area (Å²) in [6.45, 7) is 2.05. The number of aliphatic hydroxyl groups excluding tert-OH is 1. The van der Waals surface area contributed by atoms with Crippen LogP contribution in [0, 0.1) is 11.6 Å². The number of nitrogens with two attached hydrogens (primary N) is 1. The molecule has 1 heterocycles. The van der Waals surface area contributed by atoms with Crippen LogP contribution in [-0.2, 0) is 19.4 Å². The molecule has 24 heavy (non-hydrogen) atoms. The Kier molecular flexibility index (Phi) is 5.23. The van der Waals surface area contributed by atoms with Crippen molar-refractivity contribution in [3.8, 4) is 0 Å². The van der Waals surface area contributed by atoms with Crippen molar-refractivity contribution in [2.45, 2.75) is 31.5 Å². The highest BCUT2D eigenvalue weighted by molar-refractivity contribution is 5.29. The van der Waals surface area contributed by atoms with Gasteiger partial charge in [-0.3, -0.25) is 4.90 Å². The molecule has 0 amide bonds. The molecule has 5 heteroatoms. The summed E-state index contributed by atoms with van der Waals surface area (Å²) in [4.78, 5) is 2.15. The van der Waals surface area contributed by atoms with Crippen LogP contribution < -0.4 is 5.73 Å². The Morgan fingerprint density at radius 2 is 1.88 bits per heavy atom. The highest BCUT2D eigenvalue weighted by Crippen LogP contribution is 2.19. The summed E-state index contributed by atoms with van der Waals surface area (Å²) in [5.41, 5.74) is 8.82. The zero-order valence-electron chi connectivity index (χ0n) is 13.5. The highest BCUT2D eigenvalue weighted by atomic mass is 19.1. The van der Waals surface area contributed by atoms with E-state index in [4.69, 9.17) is 5.73 Å². The van der Waals surface area contributed by atoms with Crippen molar-refractivity contribution in [1.29, 1.82) is 0 Å². The number of rotatable bonds is 5. The second kappa shape index (κ2) is 7.38. The Morgan fingerprint density at radius 1 is 1.12 bits per heavy atom. The van der Waals surface area contributed by atoms with Gasteiger partial charge in [0.05, 0.1) is 6.10 Å². The average molecular weight is 332 g/mol. The van der Waals surface area contributed by atoms with Crippen molar-refractivity contribution in [1.82, 2.24) is 4.90 Å². The molecule has 0 fully saturated rings. The van der Waals surface area contributed by atoms with Crippen LogP contribution in [0.2, 0.25) is 0 Å². The summed E-state index contributed by atoms with van der Waals surface area (Å²) in [7, 11) is 0. The van der Waals surface area contributed by atoms with E-state index in [1.165, 1.54) is 11.1 Å². The van der Waals surface area contributed by atoms with E-state index in [2.05, 4.69) is 17.0 Å². The molecule has 1 aliphatic heterocycles. The molecule has 128 valence electrons. The number of halogens is 2. The third-order valence-corrected chi connectivity index (χ3v) is 4.61. The summed E-state index contributed by atoms with van der Waals surface area (Å²) >= 11 is 0. The molecule has 1 aliphatic rings. The van der Waals surface area contributed by atoms with Crippen LogP contribution in [0.4, 0.5) is 8.78 Å². The topological polar surface area (TPSA) is 49.5 Å². The SMILES string of the molecule is N[C@H](Cc1cc(F)ccc1F)[C@@H](O)CN1CCc2ccccc2C1. The molecule has 3 N–H and O–H groups in total. The van der Waals surface area contributed by atoms with Gasteiger partial charge in [-0.05, 0) is 47.7 Å². The summed E-state index contributed by atoms with van der Waals surface area (Å²) in [6.07, 6.45) is 0.254. The minimum absolute atomic E-state index is 0.106. The fraction of sp³-hybridized carbons (Fsp3) is 0.368. The Morgan fingerprint density at radius 3 is 2.67 bits per heavy atom. The number of benzene rings is 2. The number of hydrogen-bond acceptors (Lipinski definition) is 3. The van der Waals surface area contributed by atoms with Gasteiger partial charge in [0.15, 0.2) is 0 Å². The van der Waals surface area contributed by atoms with Crippen LogP contribution in [0.1, 0.15) is 16.7 Å². The predicted octanol–water partition coefficient (Wildman–Crippen LogP) is 2.25. The lowest BCUT2D eigenvalue weighted by Gasteiger charge is -2.32. The molecular formula is C19H22F2N2O. The molecule has 3 rings (SSSR count). The second-order valence-corrected chi connectivity index (χ2v) is 6.42. The molecule has 0 saturated heterocycles. The van der Waals surface area contributed by atoms with Gasteiger partial charge in [0.25, 0.3) is 0 Å². The maximum absolute atomic E-state index is 13.7. The van der Waals surface area contributed by atoms with Gasteiger partial charge < -0.3 is 10.8 Å². The maximum atomic E-state index is 13.7. The zero-order valence-corrected chi connectivity index (χ0v) is 13.5. The molecule has 0 radical (unpaired) electrons. The van der Waals surface area contributed by atoms with E-state index >= 15 is 0 Å². The van der Waals surface area contributed by atoms with E-state index in [0.717, 1.165) is 37.7 Å². The van der Waals surface area contributed by atoms with Gasteiger partial charge in [0.2, 0.25) is 0 Å². The monoisotopic (exact) mass is 332 g/mol. The quantitative estimate of drug-likeness (QED) is 0.883. The van der Waals surface area contributed by atoms with Gasteiger partial charge in [-0.15, -0.1) is 0 Å². The van der Waals surface area contributed by atoms with Crippen LogP contribution in [0.3, 0.4) is 0 Å². The molecule has 3 nitrogen and oxygen atoms in total. The number of aliphatic hydroxyl groups is 1. The fourth-order valence-electron chi connectivity index (χ4n) is 3.20. The van der Waals surface area contributed by atoms with Gasteiger partial charge in [-0.2, -0.15) is 0 Å². The predicted molar refractivity (Wildman–Crippen MR) is 89.5 cm³/mol. The van der Waals surface area contributed by atoms with Crippen molar-refractivity contribution in [3.63, 3.8) is 0 Å². The Balaban J connectivity index is 1.59. The number of hydrogen-bond donors (Lipinski definition) is 2. The number of β-amino-alcohol motifs (C(OH)–C–C–N with tert-alkyl or cyclic N) is 1. The molecule has 0 saturated carbocycles. The van der Waals surface area contributed by atoms with Gasteiger partial charge in [0, 0.05) is 25.7 Å². The number of fused-ring (bicyclic) bond motifs is 1. The molecule has 0 aliphatic carbocycles. The molecule has 0 unspecified atom stereocenters. The lowest BCUT2D eigenvalue weighted by atomic mass is 9.98. The zero-order chi connectivity index (χ0) is 17.1. The van der Waals surface area contributed by atoms with Crippen LogP contribution in [0.15, 0.2) is 42.5 Å². The van der Waals surface area contributed by atoms with E-state index in [0.29, 0.717) is 6.54 Å². The van der Waals surface area contributed by atoms with E-state index in [1.807, 2.05) is 12.1 Å². The van der Waals surface area contributed by atoms with Gasteiger partial charge in [-0.1, -0.05) is 24.3 Å². The van der Waals surface area contributed by atoms with Crippen molar-refractivity contribution >= 4 is 0 Å². The minimum Gasteiger partial charge on any atom is -0.390 e. The van der Waals surface area contributed by atoms with E-state index in [9.17, 15) is 13.9 Å². The molecule has 2 aromatic rings. The third-order valence-electron chi connectivity index (χ3n) is 4.61. The molecule has 0 aromatic heterocycles. The molecule has 2 aromatic carbocycles. The Hall–Kier alpha value is -1.82. The first kappa shape index (κ1) is 17.0. The first-order chi connectivity index (χ1) is 11.5. The van der Waals surface area contributed by atoms with Gasteiger partial charge >= 0.3 is 0 Å². The smallest absolute Gasteiger partial charge is 0.126 e. The summed E-state index contributed by atoms with van der Waals surface area (Å²) < 4.78 is 26.9. The van der Waals surface area contributed by atoms with E-state index in [1.54, 1.807) is 0 Å². The summed E-state index contributed by atoms with van der Waals surface area (Å²) in [5.74, 6) is -0.994. The lowest BCUT2D eigenvalue weighted by Crippen LogP contribution is -2.46. The largest absolute Gasteiger partial charge is 0.390 e. The van der Waals surface area contributed by atoms with Crippen molar-refractivity contribution < 1.29 is 13.9 Å². The number of nitrogens with zero attached hydrogens (tertiary/aromatic N) is 1. The normalized spacial score (nSPS) is 17.3. The summed E-state index contributed by atoms with van der Waals surface area (Å²) in [5, 5.41) is 10.4. The maximum Gasteiger partial charge on any atom is 0.126 e. The average Bonchev–Trinajstić information content (AvgIpc) is 2.58. The second-order valence-electron chi connectivity index (χ2n) is 6.42. The summed E-state index contributed by atoms with van der Waals surface area (Å²) in [6, 6.07) is 10.9. The Bertz CT molecular complexity index is 708. The van der Waals surface area contributed by atoms with Crippen molar-refractivity contribution in [2.75, 3.05) is 13.1 Å². The Labute approximate surface area is 140 Å². The van der Waals surface area contributed by atoms with E-state index < -0.39 is 23.8 Å². The van der Waals surface area contributed by atoms with Gasteiger partial charge in [-0.25, -0.2) is 8.78 Å². The van der Waals surface area contributed by atoms with Crippen LogP contribution in [0.5, 0.6) is 0 Å². The van der Waals surface area contributed by atoms with Gasteiger partial charge in [0.1, 0.15) is 11.6 Å². The molecular weight excluding hydrogens is 310 g/mol. The van der Waals surface area contributed by atoms with Crippen LogP contribution in [-0.4, -0.2) is 35.2 Å². The standard InChI is InChI=1S/C19H22F2N2O/c20-16-5-6-17(21)15(9-16)10-18(22)19(24)12-23-8-7-13-3-1-2-4-14(13)11-23/h1-6,9,18-19,24H,7-8,10-12,22H2/t18-,19+/m1/s1. The fourth-order valence-corrected chi connectivity index (χ4v) is 3.20. The first-order valence-electron chi connectivity index (χ1n) is 8.19. The first-order valence-corrected chi connectivity index (χ1v) is 8.19.